The number of benzene rings is 6. The zero-order chi connectivity index (χ0) is 46.6. The van der Waals surface area contributed by atoms with Gasteiger partial charge in [0.05, 0.1) is 32.9 Å². The largest absolute Gasteiger partial charge is 0.490 e. The van der Waals surface area contributed by atoms with Crippen molar-refractivity contribution in [1.29, 1.82) is 0 Å². The van der Waals surface area contributed by atoms with E-state index in [1.54, 1.807) is 48.5 Å². The smallest absolute Gasteiger partial charge is 0.330 e. The first kappa shape index (κ1) is 42.9. The molecule has 0 spiro atoms. The zero-order valence-electron chi connectivity index (χ0n) is 36.6. The standard InChI is InChI=1S/C54H42N2O10/c1-7-47(57)65-15-13-63-41-17-29(3)49(30(4)18-41)55-51(59)43-25-37-21-33-9-11-35-23-39-27-45-46(28-40(39)24-36(35)12-10-34(33)22-38(37)26-44(43)52(55)60)54(62)56(53(45)61)50-31(5)19-42(20-32(50)6)64-14-16-66-48(58)8-2/h7-12,17-28H,1-2,13-16H2,3-6H3. The van der Waals surface area contributed by atoms with Crippen molar-refractivity contribution in [3.8, 4) is 22.9 Å². The molecule has 7 aromatic carbocycles. The van der Waals surface area contributed by atoms with Crippen LogP contribution in [0, 0.1) is 27.7 Å². The van der Waals surface area contributed by atoms with Crippen LogP contribution in [0.1, 0.15) is 22.3 Å². The predicted molar refractivity (Wildman–Crippen MR) is 259 cm³/mol. The highest BCUT2D eigenvalue weighted by atomic mass is 16.6. The molecule has 0 fully saturated rings. The topological polar surface area (TPSA) is 149 Å². The summed E-state index contributed by atoms with van der Waals surface area (Å²) in [6, 6.07) is 30.1. The van der Waals surface area contributed by atoms with Crippen LogP contribution in [-0.2, 0) is 19.1 Å². The van der Waals surface area contributed by atoms with Crippen LogP contribution in [0.3, 0.4) is 0 Å². The lowest BCUT2D eigenvalue weighted by atomic mass is 9.99. The van der Waals surface area contributed by atoms with Crippen molar-refractivity contribution in [2.45, 2.75) is 27.7 Å². The van der Waals surface area contributed by atoms with E-state index in [9.17, 15) is 28.8 Å². The third-order valence-electron chi connectivity index (χ3n) is 11.9. The summed E-state index contributed by atoms with van der Waals surface area (Å²) in [6.07, 6.45) is 2.16. The molecule has 0 saturated heterocycles. The number of hydrogen-bond acceptors (Lipinski definition) is 10. The Morgan fingerprint density at radius 2 is 0.697 bits per heavy atom. The summed E-state index contributed by atoms with van der Waals surface area (Å²) < 4.78 is 24.0. The van der Waals surface area contributed by atoms with E-state index in [0.29, 0.717) is 66.7 Å². The number of ether oxygens (including phenoxy) is 4. The van der Waals surface area contributed by atoms with E-state index >= 15 is 0 Å². The van der Waals surface area contributed by atoms with Gasteiger partial charge in [-0.25, -0.2) is 18.7 Å². The first-order chi connectivity index (χ1) is 31.7. The maximum absolute atomic E-state index is 14.0. The molecule has 0 aliphatic heterocycles. The SMILES string of the molecule is C=CC(=O)OCCOc1cc(C)c(-n2c(=O)c3cc4cc5ccc6cc7cc8c(=O)n(-c9c(C)cc(OCCOC(=O)C=C)cc9C)c(=O)c8cc7cc6ccc5cc4cc3c2=O)c(C)c1. The highest BCUT2D eigenvalue weighted by Gasteiger charge is 2.21. The predicted octanol–water partition coefficient (Wildman–Crippen LogP) is 8.52. The molecule has 66 heavy (non-hydrogen) atoms. The molecule has 0 saturated carbocycles. The Morgan fingerprint density at radius 3 is 0.955 bits per heavy atom. The molecular weight excluding hydrogens is 837 g/mol. The Hall–Kier alpha value is -8.38. The summed E-state index contributed by atoms with van der Waals surface area (Å²) >= 11 is 0. The minimum atomic E-state index is -0.543. The van der Waals surface area contributed by atoms with Crippen molar-refractivity contribution in [2.24, 2.45) is 0 Å². The normalized spacial score (nSPS) is 11.5. The van der Waals surface area contributed by atoms with Crippen LogP contribution >= 0.6 is 0 Å². The second kappa shape index (κ2) is 17.0. The van der Waals surface area contributed by atoms with E-state index in [2.05, 4.69) is 13.2 Å². The van der Waals surface area contributed by atoms with Gasteiger partial charge in [-0.3, -0.25) is 19.2 Å². The summed E-state index contributed by atoms with van der Waals surface area (Å²) in [6.45, 7) is 14.3. The second-order valence-electron chi connectivity index (χ2n) is 16.3. The van der Waals surface area contributed by atoms with Crippen molar-refractivity contribution in [1.82, 2.24) is 9.13 Å². The molecule has 0 aliphatic rings. The number of esters is 2. The maximum Gasteiger partial charge on any atom is 0.330 e. The molecule has 0 N–H and O–H groups in total. The van der Waals surface area contributed by atoms with Crippen LogP contribution in [0.5, 0.6) is 11.5 Å². The Bertz CT molecular complexity index is 3370. The van der Waals surface area contributed by atoms with Crippen molar-refractivity contribution in [3.63, 3.8) is 0 Å². The van der Waals surface area contributed by atoms with Gasteiger partial charge in [-0.05, 0) is 166 Å². The fourth-order valence-corrected chi connectivity index (χ4v) is 8.91. The highest BCUT2D eigenvalue weighted by Crippen LogP contribution is 2.31. The fraction of sp³-hybridized carbons (Fsp3) is 0.148. The van der Waals surface area contributed by atoms with Crippen molar-refractivity contribution < 1.29 is 28.5 Å². The van der Waals surface area contributed by atoms with Crippen molar-refractivity contribution in [3.05, 3.63) is 186 Å². The summed E-state index contributed by atoms with van der Waals surface area (Å²) in [5.41, 5.74) is 2.00. The molecule has 9 rings (SSSR count). The molecule has 0 bridgehead atoms. The summed E-state index contributed by atoms with van der Waals surface area (Å²) in [7, 11) is 0. The minimum Gasteiger partial charge on any atom is -0.490 e. The molecule has 12 heteroatoms. The van der Waals surface area contributed by atoms with Gasteiger partial charge in [0.1, 0.15) is 37.9 Å². The van der Waals surface area contributed by atoms with E-state index in [1.807, 2.05) is 76.2 Å². The summed E-state index contributed by atoms with van der Waals surface area (Å²) in [5, 5.41) is 8.06. The number of fused-ring (bicyclic) bond motifs is 6. The quantitative estimate of drug-likeness (QED) is 0.0664. The van der Waals surface area contributed by atoms with Gasteiger partial charge in [0.25, 0.3) is 22.2 Å². The lowest BCUT2D eigenvalue weighted by Crippen LogP contribution is -2.25. The molecule has 9 aromatic rings. The highest BCUT2D eigenvalue weighted by molar-refractivity contribution is 6.07. The number of carbonyl (C=O) groups is 2. The molecule has 2 heterocycles. The average molecular weight is 879 g/mol. The average Bonchev–Trinajstić information content (AvgIpc) is 3.66. The Balaban J connectivity index is 1.06. The molecule has 0 amide bonds. The Kier molecular flexibility index (Phi) is 11.0. The van der Waals surface area contributed by atoms with E-state index in [-0.39, 0.29) is 26.4 Å². The Labute approximate surface area is 376 Å². The number of carbonyl (C=O) groups excluding carboxylic acids is 2. The van der Waals surface area contributed by atoms with Crippen LogP contribution in [0.4, 0.5) is 0 Å². The number of aromatic nitrogens is 2. The Morgan fingerprint density at radius 1 is 0.424 bits per heavy atom. The van der Waals surface area contributed by atoms with Gasteiger partial charge in [0.15, 0.2) is 0 Å². The molecule has 328 valence electrons. The first-order valence-electron chi connectivity index (χ1n) is 21.2. The van der Waals surface area contributed by atoms with Crippen LogP contribution in [0.25, 0.3) is 76.0 Å². The van der Waals surface area contributed by atoms with Gasteiger partial charge in [-0.15, -0.1) is 0 Å². The third kappa shape index (κ3) is 7.61. The van der Waals surface area contributed by atoms with Gasteiger partial charge in [-0.1, -0.05) is 37.4 Å². The van der Waals surface area contributed by atoms with E-state index in [0.717, 1.165) is 55.2 Å². The zero-order valence-corrected chi connectivity index (χ0v) is 36.6. The maximum atomic E-state index is 14.0. The molecule has 0 radical (unpaired) electrons. The van der Waals surface area contributed by atoms with E-state index in [1.165, 1.54) is 9.13 Å². The number of hydrogen-bond donors (Lipinski definition) is 0. The van der Waals surface area contributed by atoms with Gasteiger partial charge in [-0.2, -0.15) is 0 Å². The van der Waals surface area contributed by atoms with Crippen molar-refractivity contribution in [2.75, 3.05) is 26.4 Å². The molecule has 0 unspecified atom stereocenters. The fourth-order valence-electron chi connectivity index (χ4n) is 8.91. The number of aryl methyl sites for hydroxylation is 4. The molecule has 2 aromatic heterocycles. The van der Waals surface area contributed by atoms with E-state index < -0.39 is 34.2 Å². The second-order valence-corrected chi connectivity index (χ2v) is 16.3. The lowest BCUT2D eigenvalue weighted by molar-refractivity contribution is -0.139. The van der Waals surface area contributed by atoms with Crippen LogP contribution in [0.2, 0.25) is 0 Å². The van der Waals surface area contributed by atoms with Gasteiger partial charge in [0.2, 0.25) is 0 Å². The lowest BCUT2D eigenvalue weighted by Gasteiger charge is -2.13. The van der Waals surface area contributed by atoms with Gasteiger partial charge in [0, 0.05) is 12.2 Å². The molecular formula is C54H42N2O10. The molecule has 12 nitrogen and oxygen atoms in total. The first-order valence-corrected chi connectivity index (χ1v) is 21.2. The van der Waals surface area contributed by atoms with Gasteiger partial charge < -0.3 is 18.9 Å². The van der Waals surface area contributed by atoms with Crippen LogP contribution in [0.15, 0.2) is 142 Å². The minimum absolute atomic E-state index is 0.0425. The van der Waals surface area contributed by atoms with Gasteiger partial charge >= 0.3 is 11.9 Å². The van der Waals surface area contributed by atoms with Crippen molar-refractivity contribution >= 4 is 76.6 Å². The monoisotopic (exact) mass is 878 g/mol. The number of nitrogens with zero attached hydrogens (tertiary/aromatic N) is 2. The summed E-state index contributed by atoms with van der Waals surface area (Å²) in [5.74, 6) is -0.0562. The van der Waals surface area contributed by atoms with Crippen LogP contribution < -0.4 is 31.7 Å². The van der Waals surface area contributed by atoms with Crippen LogP contribution in [-0.4, -0.2) is 47.5 Å². The molecule has 0 aliphatic carbocycles. The molecule has 0 atom stereocenters. The number of rotatable bonds is 12. The van der Waals surface area contributed by atoms with E-state index in [4.69, 9.17) is 18.9 Å². The third-order valence-corrected chi connectivity index (χ3v) is 11.9. The summed E-state index contributed by atoms with van der Waals surface area (Å²) in [4.78, 5) is 78.8.